The van der Waals surface area contributed by atoms with Crippen LogP contribution in [-0.2, 0) is 4.79 Å². The van der Waals surface area contributed by atoms with E-state index in [0.717, 1.165) is 32.6 Å². The lowest BCUT2D eigenvalue weighted by Gasteiger charge is -2.43. The number of amides is 1. The molecule has 1 heterocycles. The zero-order valence-electron chi connectivity index (χ0n) is 11.0. The molecule has 1 aliphatic heterocycles. The van der Waals surface area contributed by atoms with Crippen LogP contribution in [0.15, 0.2) is 0 Å². The summed E-state index contributed by atoms with van der Waals surface area (Å²) in [6, 6.07) is 0. The number of hydrogen-bond acceptors (Lipinski definition) is 3. The zero-order valence-corrected chi connectivity index (χ0v) is 11.8. The van der Waals surface area contributed by atoms with E-state index in [9.17, 15) is 4.79 Å². The molecule has 0 bridgehead atoms. The van der Waals surface area contributed by atoms with Crippen LogP contribution < -0.4 is 5.73 Å². The maximum absolute atomic E-state index is 11.7. The second-order valence-electron chi connectivity index (χ2n) is 5.04. The van der Waals surface area contributed by atoms with Crippen LogP contribution >= 0.6 is 12.2 Å². The van der Waals surface area contributed by atoms with Gasteiger partial charge in [-0.05, 0) is 20.3 Å². The summed E-state index contributed by atoms with van der Waals surface area (Å²) in [7, 11) is 0. The van der Waals surface area contributed by atoms with Gasteiger partial charge in [0.1, 0.15) is 0 Å². The van der Waals surface area contributed by atoms with Crippen LogP contribution in [0.25, 0.3) is 0 Å². The molecule has 0 aliphatic carbocycles. The van der Waals surface area contributed by atoms with Crippen LogP contribution in [0.3, 0.4) is 0 Å². The van der Waals surface area contributed by atoms with Gasteiger partial charge >= 0.3 is 0 Å². The van der Waals surface area contributed by atoms with Gasteiger partial charge in [0.05, 0.1) is 10.5 Å². The van der Waals surface area contributed by atoms with Gasteiger partial charge in [-0.1, -0.05) is 19.1 Å². The van der Waals surface area contributed by atoms with E-state index in [2.05, 4.69) is 4.90 Å². The predicted octanol–water partition coefficient (Wildman–Crippen LogP) is 0.995. The van der Waals surface area contributed by atoms with Gasteiger partial charge in [0.25, 0.3) is 0 Å². The molecular formula is C12H23N3OS. The van der Waals surface area contributed by atoms with E-state index in [1.807, 2.05) is 25.7 Å². The van der Waals surface area contributed by atoms with Crippen molar-refractivity contribution in [2.45, 2.75) is 39.2 Å². The molecule has 4 nitrogen and oxygen atoms in total. The molecule has 0 atom stereocenters. The summed E-state index contributed by atoms with van der Waals surface area (Å²) in [5.41, 5.74) is 5.50. The minimum atomic E-state index is -0.255. The largest absolute Gasteiger partial charge is 0.392 e. The minimum Gasteiger partial charge on any atom is -0.392 e. The second kappa shape index (κ2) is 5.78. The fourth-order valence-electron chi connectivity index (χ4n) is 2.04. The maximum Gasteiger partial charge on any atom is 0.222 e. The van der Waals surface area contributed by atoms with Gasteiger partial charge in [-0.3, -0.25) is 9.69 Å². The Bertz CT molecular complexity index is 296. The molecule has 1 amide bonds. The van der Waals surface area contributed by atoms with Crippen molar-refractivity contribution < 1.29 is 4.79 Å². The van der Waals surface area contributed by atoms with Crippen molar-refractivity contribution in [1.29, 1.82) is 0 Å². The first-order valence-electron chi connectivity index (χ1n) is 6.22. The van der Waals surface area contributed by atoms with Crippen LogP contribution in [0.1, 0.15) is 33.6 Å². The van der Waals surface area contributed by atoms with Gasteiger partial charge in [0.2, 0.25) is 5.91 Å². The van der Waals surface area contributed by atoms with Crippen molar-refractivity contribution in [2.24, 2.45) is 5.73 Å². The van der Waals surface area contributed by atoms with Crippen LogP contribution in [-0.4, -0.2) is 52.4 Å². The quantitative estimate of drug-likeness (QED) is 0.763. The Labute approximate surface area is 109 Å². The van der Waals surface area contributed by atoms with Crippen molar-refractivity contribution in [1.82, 2.24) is 9.80 Å². The molecular weight excluding hydrogens is 234 g/mol. The highest BCUT2D eigenvalue weighted by molar-refractivity contribution is 7.80. The highest BCUT2D eigenvalue weighted by Gasteiger charge is 2.32. The molecule has 2 N–H and O–H groups in total. The third-order valence-corrected chi connectivity index (χ3v) is 3.99. The molecule has 0 aromatic carbocycles. The molecule has 0 radical (unpaired) electrons. The van der Waals surface area contributed by atoms with E-state index in [4.69, 9.17) is 18.0 Å². The van der Waals surface area contributed by atoms with Crippen LogP contribution in [0.5, 0.6) is 0 Å². The lowest BCUT2D eigenvalue weighted by atomic mass is 10.0. The Hall–Kier alpha value is -0.680. The molecule has 98 valence electrons. The maximum atomic E-state index is 11.7. The van der Waals surface area contributed by atoms with E-state index in [0.29, 0.717) is 11.4 Å². The van der Waals surface area contributed by atoms with Gasteiger partial charge in [0, 0.05) is 32.6 Å². The minimum absolute atomic E-state index is 0.255. The molecule has 1 aliphatic rings. The lowest BCUT2D eigenvalue weighted by molar-refractivity contribution is -0.133. The third kappa shape index (κ3) is 3.39. The van der Waals surface area contributed by atoms with Crippen molar-refractivity contribution in [3.63, 3.8) is 0 Å². The van der Waals surface area contributed by atoms with Crippen molar-refractivity contribution >= 4 is 23.1 Å². The summed E-state index contributed by atoms with van der Waals surface area (Å²) in [5.74, 6) is 0.264. The van der Waals surface area contributed by atoms with Gasteiger partial charge < -0.3 is 10.6 Å². The molecule has 0 unspecified atom stereocenters. The Balaban J connectivity index is 2.51. The first kappa shape index (κ1) is 14.4. The molecule has 0 aromatic heterocycles. The monoisotopic (exact) mass is 257 g/mol. The number of carbonyl (C=O) groups is 1. The SMILES string of the molecule is CCCC(=O)N1CCN(C(C)(C)C(N)=S)CC1. The summed E-state index contributed by atoms with van der Waals surface area (Å²) in [6.07, 6.45) is 1.57. The number of rotatable bonds is 4. The summed E-state index contributed by atoms with van der Waals surface area (Å²) in [6.45, 7) is 9.37. The van der Waals surface area contributed by atoms with Gasteiger partial charge in [-0.25, -0.2) is 0 Å². The second-order valence-corrected chi connectivity index (χ2v) is 5.48. The van der Waals surface area contributed by atoms with E-state index in [1.165, 1.54) is 0 Å². The van der Waals surface area contributed by atoms with Crippen LogP contribution in [0, 0.1) is 0 Å². The first-order chi connectivity index (χ1) is 7.89. The van der Waals surface area contributed by atoms with Gasteiger partial charge in [-0.15, -0.1) is 0 Å². The van der Waals surface area contributed by atoms with Gasteiger partial charge in [-0.2, -0.15) is 0 Å². The Morgan fingerprint density at radius 2 is 1.82 bits per heavy atom. The van der Waals surface area contributed by atoms with E-state index >= 15 is 0 Å². The Morgan fingerprint density at radius 1 is 1.29 bits per heavy atom. The Morgan fingerprint density at radius 3 is 2.24 bits per heavy atom. The van der Waals surface area contributed by atoms with Crippen molar-refractivity contribution in [3.8, 4) is 0 Å². The van der Waals surface area contributed by atoms with E-state index in [1.54, 1.807) is 0 Å². The van der Waals surface area contributed by atoms with Crippen molar-refractivity contribution in [3.05, 3.63) is 0 Å². The zero-order chi connectivity index (χ0) is 13.1. The van der Waals surface area contributed by atoms with E-state index < -0.39 is 0 Å². The fraction of sp³-hybridized carbons (Fsp3) is 0.833. The predicted molar refractivity (Wildman–Crippen MR) is 73.9 cm³/mol. The highest BCUT2D eigenvalue weighted by Crippen LogP contribution is 2.17. The van der Waals surface area contributed by atoms with E-state index in [-0.39, 0.29) is 11.4 Å². The highest BCUT2D eigenvalue weighted by atomic mass is 32.1. The summed E-state index contributed by atoms with van der Waals surface area (Å²) < 4.78 is 0. The number of nitrogens with two attached hydrogens (primary N) is 1. The number of carbonyl (C=O) groups excluding carboxylic acids is 1. The van der Waals surface area contributed by atoms with Crippen LogP contribution in [0.2, 0.25) is 0 Å². The van der Waals surface area contributed by atoms with Gasteiger partial charge in [0.15, 0.2) is 0 Å². The fourth-order valence-corrected chi connectivity index (χ4v) is 2.17. The summed E-state index contributed by atoms with van der Waals surface area (Å²) in [5, 5.41) is 0. The molecule has 17 heavy (non-hydrogen) atoms. The average molecular weight is 257 g/mol. The molecule has 5 heteroatoms. The lowest BCUT2D eigenvalue weighted by Crippen LogP contribution is -2.59. The van der Waals surface area contributed by atoms with Crippen LogP contribution in [0.4, 0.5) is 0 Å². The molecule has 1 fully saturated rings. The smallest absolute Gasteiger partial charge is 0.222 e. The van der Waals surface area contributed by atoms with Crippen molar-refractivity contribution in [2.75, 3.05) is 26.2 Å². The topological polar surface area (TPSA) is 49.6 Å². The number of nitrogens with zero attached hydrogens (tertiary/aromatic N) is 2. The number of thiocarbonyl (C=S) groups is 1. The molecule has 0 saturated carbocycles. The first-order valence-corrected chi connectivity index (χ1v) is 6.63. The normalized spacial score (nSPS) is 18.2. The average Bonchev–Trinajstić information content (AvgIpc) is 2.29. The number of piperazine rings is 1. The molecule has 1 rings (SSSR count). The summed E-state index contributed by atoms with van der Waals surface area (Å²) >= 11 is 5.09. The standard InChI is InChI=1S/C12H23N3OS/c1-4-5-10(16)14-6-8-15(9-7-14)12(2,3)11(13)17/h4-9H2,1-3H3,(H2,13,17). The molecule has 0 aromatic rings. The molecule has 0 spiro atoms. The third-order valence-electron chi connectivity index (χ3n) is 3.49. The molecule has 1 saturated heterocycles. The number of hydrogen-bond donors (Lipinski definition) is 1. The summed E-state index contributed by atoms with van der Waals surface area (Å²) in [4.78, 5) is 16.5. The Kier molecular flexibility index (Phi) is 4.89.